The van der Waals surface area contributed by atoms with Crippen molar-refractivity contribution in [2.45, 2.75) is 19.4 Å². The summed E-state index contributed by atoms with van der Waals surface area (Å²) < 4.78 is 12.7. The van der Waals surface area contributed by atoms with E-state index in [1.807, 2.05) is 24.3 Å². The Kier molecular flexibility index (Phi) is 4.71. The van der Waals surface area contributed by atoms with Gasteiger partial charge in [-0.25, -0.2) is 4.39 Å². The molecule has 3 nitrogen and oxygen atoms in total. The zero-order valence-electron chi connectivity index (χ0n) is 11.1. The van der Waals surface area contributed by atoms with Gasteiger partial charge in [-0.15, -0.1) is 0 Å². The van der Waals surface area contributed by atoms with Crippen molar-refractivity contribution < 1.29 is 9.18 Å². The first-order valence-corrected chi connectivity index (χ1v) is 6.49. The fourth-order valence-electron chi connectivity index (χ4n) is 1.83. The zero-order chi connectivity index (χ0) is 14.4. The van der Waals surface area contributed by atoms with E-state index in [0.29, 0.717) is 19.4 Å². The normalized spacial score (nSPS) is 10.2. The van der Waals surface area contributed by atoms with Crippen LogP contribution in [0.5, 0.6) is 0 Å². The standard InChI is InChI=1S/C16H17FN2O/c17-14-6-1-13(2-7-14)11-19-16(20)10-5-12-3-8-15(18)9-4-12/h1-4,6-9H,5,10-11,18H2,(H,19,20). The predicted molar refractivity (Wildman–Crippen MR) is 77.4 cm³/mol. The highest BCUT2D eigenvalue weighted by Gasteiger charge is 2.02. The Hall–Kier alpha value is -2.36. The van der Waals surface area contributed by atoms with Crippen LogP contribution in [0.4, 0.5) is 10.1 Å². The summed E-state index contributed by atoms with van der Waals surface area (Å²) in [5, 5.41) is 2.81. The fourth-order valence-corrected chi connectivity index (χ4v) is 1.83. The Labute approximate surface area is 117 Å². The maximum Gasteiger partial charge on any atom is 0.220 e. The second kappa shape index (κ2) is 6.70. The number of carbonyl (C=O) groups is 1. The van der Waals surface area contributed by atoms with Crippen LogP contribution in [0.2, 0.25) is 0 Å². The first-order chi connectivity index (χ1) is 9.63. The van der Waals surface area contributed by atoms with Crippen molar-refractivity contribution in [1.82, 2.24) is 5.32 Å². The number of nitrogens with two attached hydrogens (primary N) is 1. The minimum absolute atomic E-state index is 0.0221. The number of aryl methyl sites for hydroxylation is 1. The van der Waals surface area contributed by atoms with Crippen LogP contribution in [0.15, 0.2) is 48.5 Å². The van der Waals surface area contributed by atoms with Crippen LogP contribution in [-0.2, 0) is 17.8 Å². The van der Waals surface area contributed by atoms with Crippen LogP contribution in [0, 0.1) is 5.82 Å². The van der Waals surface area contributed by atoms with Gasteiger partial charge in [-0.3, -0.25) is 4.79 Å². The lowest BCUT2D eigenvalue weighted by molar-refractivity contribution is -0.121. The largest absolute Gasteiger partial charge is 0.399 e. The van der Waals surface area contributed by atoms with Crippen molar-refractivity contribution in [3.8, 4) is 0 Å². The molecule has 2 rings (SSSR count). The average molecular weight is 272 g/mol. The van der Waals surface area contributed by atoms with Gasteiger partial charge in [0.25, 0.3) is 0 Å². The molecule has 0 spiro atoms. The molecule has 2 aromatic rings. The Balaban J connectivity index is 1.75. The highest BCUT2D eigenvalue weighted by Crippen LogP contribution is 2.08. The van der Waals surface area contributed by atoms with Gasteiger partial charge in [0, 0.05) is 18.7 Å². The Morgan fingerprint density at radius 3 is 2.25 bits per heavy atom. The summed E-state index contributed by atoms with van der Waals surface area (Å²) in [7, 11) is 0. The van der Waals surface area contributed by atoms with Crippen LogP contribution in [0.25, 0.3) is 0 Å². The van der Waals surface area contributed by atoms with E-state index in [2.05, 4.69) is 5.32 Å². The number of nitrogens with one attached hydrogen (secondary N) is 1. The van der Waals surface area contributed by atoms with Crippen LogP contribution >= 0.6 is 0 Å². The van der Waals surface area contributed by atoms with Crippen molar-refractivity contribution >= 4 is 11.6 Å². The van der Waals surface area contributed by atoms with Crippen LogP contribution in [-0.4, -0.2) is 5.91 Å². The molecule has 4 heteroatoms. The number of hydrogen-bond acceptors (Lipinski definition) is 2. The molecule has 0 aliphatic heterocycles. The van der Waals surface area contributed by atoms with Crippen molar-refractivity contribution in [2.75, 3.05) is 5.73 Å². The van der Waals surface area contributed by atoms with Gasteiger partial charge >= 0.3 is 0 Å². The fraction of sp³-hybridized carbons (Fsp3) is 0.188. The molecule has 0 fully saturated rings. The van der Waals surface area contributed by atoms with Gasteiger partial charge in [0.05, 0.1) is 0 Å². The van der Waals surface area contributed by atoms with Gasteiger partial charge in [0.2, 0.25) is 5.91 Å². The lowest BCUT2D eigenvalue weighted by atomic mass is 10.1. The molecular weight excluding hydrogens is 255 g/mol. The predicted octanol–water partition coefficient (Wildman–Crippen LogP) is 2.66. The van der Waals surface area contributed by atoms with E-state index in [9.17, 15) is 9.18 Å². The van der Waals surface area contributed by atoms with E-state index in [0.717, 1.165) is 16.8 Å². The van der Waals surface area contributed by atoms with Crippen LogP contribution < -0.4 is 11.1 Å². The second-order valence-electron chi connectivity index (χ2n) is 4.64. The van der Waals surface area contributed by atoms with Gasteiger partial charge < -0.3 is 11.1 Å². The van der Waals surface area contributed by atoms with E-state index in [4.69, 9.17) is 5.73 Å². The van der Waals surface area contributed by atoms with Crippen LogP contribution in [0.3, 0.4) is 0 Å². The zero-order valence-corrected chi connectivity index (χ0v) is 11.1. The van der Waals surface area contributed by atoms with E-state index in [1.165, 1.54) is 12.1 Å². The van der Waals surface area contributed by atoms with Crippen molar-refractivity contribution in [3.05, 3.63) is 65.5 Å². The summed E-state index contributed by atoms with van der Waals surface area (Å²) >= 11 is 0. The lowest BCUT2D eigenvalue weighted by Crippen LogP contribution is -2.22. The minimum atomic E-state index is -0.275. The highest BCUT2D eigenvalue weighted by atomic mass is 19.1. The molecule has 0 saturated carbocycles. The summed E-state index contributed by atoms with van der Waals surface area (Å²) in [5.41, 5.74) is 8.28. The molecule has 3 N–H and O–H groups in total. The number of halogens is 1. The quantitative estimate of drug-likeness (QED) is 0.822. The van der Waals surface area contributed by atoms with E-state index in [-0.39, 0.29) is 11.7 Å². The molecule has 0 saturated heterocycles. The molecule has 2 aromatic carbocycles. The summed E-state index contributed by atoms with van der Waals surface area (Å²) in [6, 6.07) is 13.6. The number of nitrogen functional groups attached to an aromatic ring is 1. The molecule has 0 aliphatic carbocycles. The van der Waals surface area contributed by atoms with Crippen molar-refractivity contribution in [3.63, 3.8) is 0 Å². The highest BCUT2D eigenvalue weighted by molar-refractivity contribution is 5.76. The molecule has 0 atom stereocenters. The molecule has 0 bridgehead atoms. The summed E-state index contributed by atoms with van der Waals surface area (Å²) in [5.74, 6) is -0.297. The third-order valence-corrected chi connectivity index (χ3v) is 3.02. The lowest BCUT2D eigenvalue weighted by Gasteiger charge is -2.06. The van der Waals surface area contributed by atoms with Gasteiger partial charge in [-0.1, -0.05) is 24.3 Å². The Bertz CT molecular complexity index is 513. The van der Waals surface area contributed by atoms with Gasteiger partial charge in [0.1, 0.15) is 5.82 Å². The van der Waals surface area contributed by atoms with Crippen LogP contribution in [0.1, 0.15) is 17.5 Å². The molecule has 1 amide bonds. The average Bonchev–Trinajstić information content (AvgIpc) is 2.46. The van der Waals surface area contributed by atoms with E-state index in [1.54, 1.807) is 12.1 Å². The number of rotatable bonds is 5. The molecule has 104 valence electrons. The first kappa shape index (κ1) is 14.1. The van der Waals surface area contributed by atoms with Gasteiger partial charge in [-0.05, 0) is 41.8 Å². The first-order valence-electron chi connectivity index (χ1n) is 6.49. The smallest absolute Gasteiger partial charge is 0.220 e. The topological polar surface area (TPSA) is 55.1 Å². The maximum absolute atomic E-state index is 12.7. The maximum atomic E-state index is 12.7. The third-order valence-electron chi connectivity index (χ3n) is 3.02. The summed E-state index contributed by atoms with van der Waals surface area (Å²) in [6.45, 7) is 0.418. The van der Waals surface area contributed by atoms with Gasteiger partial charge in [0.15, 0.2) is 0 Å². The third kappa shape index (κ3) is 4.39. The molecule has 0 aromatic heterocycles. The molecule has 20 heavy (non-hydrogen) atoms. The number of hydrogen-bond donors (Lipinski definition) is 2. The second-order valence-corrected chi connectivity index (χ2v) is 4.64. The Morgan fingerprint density at radius 1 is 1.00 bits per heavy atom. The minimum Gasteiger partial charge on any atom is -0.399 e. The summed E-state index contributed by atoms with van der Waals surface area (Å²) in [4.78, 5) is 11.7. The van der Waals surface area contributed by atoms with Crippen molar-refractivity contribution in [2.24, 2.45) is 0 Å². The number of benzene rings is 2. The van der Waals surface area contributed by atoms with E-state index < -0.39 is 0 Å². The number of anilines is 1. The molecule has 0 radical (unpaired) electrons. The van der Waals surface area contributed by atoms with E-state index >= 15 is 0 Å². The molecular formula is C16H17FN2O. The molecule has 0 heterocycles. The number of carbonyl (C=O) groups excluding carboxylic acids is 1. The summed E-state index contributed by atoms with van der Waals surface area (Å²) in [6.07, 6.45) is 1.10. The SMILES string of the molecule is Nc1ccc(CCC(=O)NCc2ccc(F)cc2)cc1. The van der Waals surface area contributed by atoms with Crippen molar-refractivity contribution in [1.29, 1.82) is 0 Å². The van der Waals surface area contributed by atoms with Gasteiger partial charge in [-0.2, -0.15) is 0 Å². The number of amides is 1. The Morgan fingerprint density at radius 2 is 1.60 bits per heavy atom. The molecule has 0 unspecified atom stereocenters. The monoisotopic (exact) mass is 272 g/mol. The molecule has 0 aliphatic rings.